The van der Waals surface area contributed by atoms with Gasteiger partial charge >= 0.3 is 0 Å². The second-order valence-electron chi connectivity index (χ2n) is 5.38. The van der Waals surface area contributed by atoms with E-state index in [1.165, 1.54) is 5.69 Å². The molecule has 1 amide bonds. The van der Waals surface area contributed by atoms with Gasteiger partial charge in [0.05, 0.1) is 0 Å². The van der Waals surface area contributed by atoms with Crippen molar-refractivity contribution in [1.82, 2.24) is 10.6 Å². The molecule has 2 rings (SSSR count). The maximum atomic E-state index is 12.0. The van der Waals surface area contributed by atoms with Gasteiger partial charge in [0.25, 0.3) is 0 Å². The van der Waals surface area contributed by atoms with Crippen molar-refractivity contribution in [2.24, 2.45) is 5.92 Å². The molecule has 1 aromatic carbocycles. The third kappa shape index (κ3) is 3.96. The molecule has 2 atom stereocenters. The molecule has 0 radical (unpaired) electrons. The molecule has 1 heterocycles. The van der Waals surface area contributed by atoms with Crippen LogP contribution >= 0.6 is 15.9 Å². The molecule has 1 aromatic rings. The Kier molecular flexibility index (Phi) is 5.43. The molecular formula is C15H22BrN3O. The molecule has 1 saturated heterocycles. The van der Waals surface area contributed by atoms with Gasteiger partial charge in [-0.15, -0.1) is 0 Å². The minimum atomic E-state index is 0.0155. The SMILES string of the molecule is CNCC(C)C(=O)NC1CCN(c2ccc(Br)cc2)C1. The fourth-order valence-electron chi connectivity index (χ4n) is 2.51. The molecule has 110 valence electrons. The van der Waals surface area contributed by atoms with E-state index < -0.39 is 0 Å². The standard InChI is InChI=1S/C15H22BrN3O/c1-11(9-17-2)15(20)18-13-7-8-19(10-13)14-5-3-12(16)4-6-14/h3-6,11,13,17H,7-10H2,1-2H3,(H,18,20). The predicted octanol–water partition coefficient (Wildman–Crippen LogP) is 2.00. The van der Waals surface area contributed by atoms with E-state index in [-0.39, 0.29) is 17.9 Å². The Balaban J connectivity index is 1.86. The summed E-state index contributed by atoms with van der Waals surface area (Å²) in [5, 5.41) is 6.18. The average molecular weight is 340 g/mol. The van der Waals surface area contributed by atoms with Crippen LogP contribution in [-0.2, 0) is 4.79 Å². The smallest absolute Gasteiger partial charge is 0.224 e. The van der Waals surface area contributed by atoms with E-state index in [1.54, 1.807) is 0 Å². The Bertz CT molecular complexity index is 449. The second-order valence-corrected chi connectivity index (χ2v) is 6.29. The van der Waals surface area contributed by atoms with E-state index in [2.05, 4.69) is 55.7 Å². The van der Waals surface area contributed by atoms with Crippen LogP contribution < -0.4 is 15.5 Å². The summed E-state index contributed by atoms with van der Waals surface area (Å²) in [5.74, 6) is 0.156. The zero-order valence-electron chi connectivity index (χ0n) is 12.0. The van der Waals surface area contributed by atoms with Gasteiger partial charge < -0.3 is 15.5 Å². The van der Waals surface area contributed by atoms with Crippen molar-refractivity contribution in [2.45, 2.75) is 19.4 Å². The zero-order chi connectivity index (χ0) is 14.5. The van der Waals surface area contributed by atoms with Gasteiger partial charge in [0.1, 0.15) is 0 Å². The van der Waals surface area contributed by atoms with Crippen molar-refractivity contribution >= 4 is 27.5 Å². The highest BCUT2D eigenvalue weighted by molar-refractivity contribution is 9.10. The van der Waals surface area contributed by atoms with Gasteiger partial charge in [-0.05, 0) is 37.7 Å². The number of nitrogens with zero attached hydrogens (tertiary/aromatic N) is 1. The van der Waals surface area contributed by atoms with Crippen molar-refractivity contribution in [3.8, 4) is 0 Å². The summed E-state index contributed by atoms with van der Waals surface area (Å²) < 4.78 is 1.09. The molecule has 0 aromatic heterocycles. The van der Waals surface area contributed by atoms with Gasteiger partial charge in [-0.1, -0.05) is 22.9 Å². The van der Waals surface area contributed by atoms with Gasteiger partial charge in [-0.25, -0.2) is 0 Å². The largest absolute Gasteiger partial charge is 0.369 e. The molecule has 20 heavy (non-hydrogen) atoms. The molecule has 0 aliphatic carbocycles. The van der Waals surface area contributed by atoms with E-state index in [9.17, 15) is 4.79 Å². The molecule has 0 bridgehead atoms. The molecule has 2 N–H and O–H groups in total. The maximum absolute atomic E-state index is 12.0. The van der Waals surface area contributed by atoms with Crippen LogP contribution in [0.4, 0.5) is 5.69 Å². The number of carbonyl (C=O) groups excluding carboxylic acids is 1. The summed E-state index contributed by atoms with van der Waals surface area (Å²) in [6.07, 6.45) is 1.01. The highest BCUT2D eigenvalue weighted by atomic mass is 79.9. The number of anilines is 1. The number of rotatable bonds is 5. The molecule has 5 heteroatoms. The average Bonchev–Trinajstić information content (AvgIpc) is 2.88. The lowest BCUT2D eigenvalue weighted by molar-refractivity contribution is -0.124. The first-order valence-corrected chi connectivity index (χ1v) is 7.85. The van der Waals surface area contributed by atoms with E-state index in [1.807, 2.05) is 14.0 Å². The minimum absolute atomic E-state index is 0.0155. The van der Waals surface area contributed by atoms with Crippen molar-refractivity contribution in [3.05, 3.63) is 28.7 Å². The lowest BCUT2D eigenvalue weighted by Gasteiger charge is -2.20. The third-order valence-corrected chi connectivity index (χ3v) is 4.21. The number of amides is 1. The molecule has 1 aliphatic rings. The topological polar surface area (TPSA) is 44.4 Å². The summed E-state index contributed by atoms with van der Waals surface area (Å²) in [6, 6.07) is 8.58. The quantitative estimate of drug-likeness (QED) is 0.862. The Labute approximate surface area is 129 Å². The van der Waals surface area contributed by atoms with Crippen LogP contribution in [0, 0.1) is 5.92 Å². The van der Waals surface area contributed by atoms with Crippen LogP contribution in [0.5, 0.6) is 0 Å². The summed E-state index contributed by atoms with van der Waals surface area (Å²) in [5.41, 5.74) is 1.22. The molecule has 1 fully saturated rings. The van der Waals surface area contributed by atoms with Crippen LogP contribution in [0.2, 0.25) is 0 Å². The number of carbonyl (C=O) groups is 1. The number of halogens is 1. The van der Waals surface area contributed by atoms with Crippen molar-refractivity contribution in [2.75, 3.05) is 31.6 Å². The van der Waals surface area contributed by atoms with Gasteiger partial charge in [0.2, 0.25) is 5.91 Å². The summed E-state index contributed by atoms with van der Waals surface area (Å²) in [6.45, 7) is 4.55. The zero-order valence-corrected chi connectivity index (χ0v) is 13.6. The number of hydrogen-bond acceptors (Lipinski definition) is 3. The number of nitrogens with one attached hydrogen (secondary N) is 2. The fourth-order valence-corrected chi connectivity index (χ4v) is 2.77. The highest BCUT2D eigenvalue weighted by Gasteiger charge is 2.25. The highest BCUT2D eigenvalue weighted by Crippen LogP contribution is 2.22. The summed E-state index contributed by atoms with van der Waals surface area (Å²) in [7, 11) is 1.87. The molecule has 2 unspecified atom stereocenters. The Hall–Kier alpha value is -1.07. The predicted molar refractivity (Wildman–Crippen MR) is 86.0 cm³/mol. The van der Waals surface area contributed by atoms with Crippen LogP contribution in [0.15, 0.2) is 28.7 Å². The fraction of sp³-hybridized carbons (Fsp3) is 0.533. The second kappa shape index (κ2) is 7.09. The van der Waals surface area contributed by atoms with Crippen LogP contribution in [0.25, 0.3) is 0 Å². The Morgan fingerprint density at radius 1 is 1.45 bits per heavy atom. The van der Waals surface area contributed by atoms with E-state index in [0.29, 0.717) is 0 Å². The van der Waals surface area contributed by atoms with E-state index in [4.69, 9.17) is 0 Å². The third-order valence-electron chi connectivity index (χ3n) is 3.68. The Morgan fingerprint density at radius 2 is 2.15 bits per heavy atom. The van der Waals surface area contributed by atoms with Gasteiger partial charge in [-0.3, -0.25) is 4.79 Å². The van der Waals surface area contributed by atoms with E-state index >= 15 is 0 Å². The van der Waals surface area contributed by atoms with Gasteiger partial charge in [0, 0.05) is 41.8 Å². The van der Waals surface area contributed by atoms with Gasteiger partial charge in [0.15, 0.2) is 0 Å². The van der Waals surface area contributed by atoms with Gasteiger partial charge in [-0.2, -0.15) is 0 Å². The van der Waals surface area contributed by atoms with Crippen molar-refractivity contribution in [1.29, 1.82) is 0 Å². The number of hydrogen-bond donors (Lipinski definition) is 2. The molecular weight excluding hydrogens is 318 g/mol. The first kappa shape index (κ1) is 15.3. The molecule has 0 saturated carbocycles. The van der Waals surface area contributed by atoms with Crippen molar-refractivity contribution < 1.29 is 4.79 Å². The lowest BCUT2D eigenvalue weighted by Crippen LogP contribution is -2.42. The first-order valence-electron chi connectivity index (χ1n) is 7.05. The van der Waals surface area contributed by atoms with Crippen LogP contribution in [0.1, 0.15) is 13.3 Å². The monoisotopic (exact) mass is 339 g/mol. The summed E-state index contributed by atoms with van der Waals surface area (Å²) in [4.78, 5) is 14.3. The van der Waals surface area contributed by atoms with Crippen LogP contribution in [-0.4, -0.2) is 38.6 Å². The minimum Gasteiger partial charge on any atom is -0.369 e. The molecule has 0 spiro atoms. The summed E-state index contributed by atoms with van der Waals surface area (Å²) >= 11 is 3.45. The van der Waals surface area contributed by atoms with Crippen molar-refractivity contribution in [3.63, 3.8) is 0 Å². The normalized spacial score (nSPS) is 19.9. The van der Waals surface area contributed by atoms with E-state index in [0.717, 1.165) is 30.5 Å². The number of benzene rings is 1. The lowest BCUT2D eigenvalue weighted by atomic mass is 10.1. The molecule has 4 nitrogen and oxygen atoms in total. The Morgan fingerprint density at radius 3 is 2.80 bits per heavy atom. The molecule has 1 aliphatic heterocycles. The first-order chi connectivity index (χ1) is 9.60. The van der Waals surface area contributed by atoms with Crippen LogP contribution in [0.3, 0.4) is 0 Å². The maximum Gasteiger partial charge on any atom is 0.224 e.